The second-order valence-electron chi connectivity index (χ2n) is 13.3. The minimum atomic E-state index is -0.860. The Balaban J connectivity index is 0.000000979. The third-order valence-corrected chi connectivity index (χ3v) is 9.38. The number of rotatable bonds is 14. The normalized spacial score (nSPS) is 15.4. The van der Waals surface area contributed by atoms with Gasteiger partial charge in [-0.2, -0.15) is 9.97 Å². The molecule has 3 heterocycles. The maximum atomic E-state index is 16.9. The van der Waals surface area contributed by atoms with Crippen molar-refractivity contribution in [3.05, 3.63) is 66.8 Å². The number of aromatic hydroxyl groups is 1. The van der Waals surface area contributed by atoms with Crippen molar-refractivity contribution >= 4 is 27.5 Å². The van der Waals surface area contributed by atoms with Crippen molar-refractivity contribution in [1.29, 1.82) is 0 Å². The van der Waals surface area contributed by atoms with E-state index in [2.05, 4.69) is 33.9 Å². The minimum absolute atomic E-state index is 0.00107. The fourth-order valence-electron chi connectivity index (χ4n) is 6.44. The van der Waals surface area contributed by atoms with Crippen LogP contribution >= 0.6 is 0 Å². The molecule has 2 fully saturated rings. The van der Waals surface area contributed by atoms with Crippen LogP contribution in [0.2, 0.25) is 0 Å². The second-order valence-corrected chi connectivity index (χ2v) is 13.3. The van der Waals surface area contributed by atoms with E-state index in [4.69, 9.17) is 20.9 Å². The van der Waals surface area contributed by atoms with Gasteiger partial charge in [-0.3, -0.25) is 4.39 Å². The van der Waals surface area contributed by atoms with Crippen molar-refractivity contribution in [3.8, 4) is 41.2 Å². The predicted molar refractivity (Wildman–Crippen MR) is 198 cm³/mol. The first kappa shape index (κ1) is 38.3. The number of likely N-dealkylation sites (tertiary alicyclic amines) is 1. The third-order valence-electron chi connectivity index (χ3n) is 9.38. The summed E-state index contributed by atoms with van der Waals surface area (Å²) in [7, 11) is 1.39. The maximum Gasteiger partial charge on any atom is 0.319 e. The van der Waals surface area contributed by atoms with Crippen LogP contribution in [0.1, 0.15) is 51.0 Å². The number of ether oxygens (including phenoxy) is 2. The predicted octanol–water partition coefficient (Wildman–Crippen LogP) is 8.35. The van der Waals surface area contributed by atoms with Gasteiger partial charge in [-0.1, -0.05) is 37.5 Å². The highest BCUT2D eigenvalue weighted by atomic mass is 19.1. The van der Waals surface area contributed by atoms with E-state index >= 15 is 4.39 Å². The molecule has 1 aliphatic heterocycles. The minimum Gasteiger partial charge on any atom is -0.508 e. The van der Waals surface area contributed by atoms with Crippen LogP contribution in [0.5, 0.6) is 17.6 Å². The van der Waals surface area contributed by atoms with Gasteiger partial charge < -0.3 is 24.4 Å². The van der Waals surface area contributed by atoms with E-state index in [0.717, 1.165) is 32.2 Å². The number of hydrogen-bond donors (Lipinski definition) is 1. The van der Waals surface area contributed by atoms with Crippen LogP contribution in [-0.4, -0.2) is 84.2 Å². The molecular weight excluding hydrogens is 674 g/mol. The molecule has 1 saturated carbocycles. The fourth-order valence-corrected chi connectivity index (χ4v) is 6.44. The molecule has 4 aromatic rings. The van der Waals surface area contributed by atoms with Gasteiger partial charge in [0.15, 0.2) is 5.82 Å². The number of halogens is 4. The van der Waals surface area contributed by atoms with Crippen LogP contribution in [0.4, 0.5) is 23.4 Å². The number of piperidine rings is 1. The Hall–Kier alpha value is -4.89. The van der Waals surface area contributed by atoms with Crippen LogP contribution in [-0.2, 0) is 0 Å². The van der Waals surface area contributed by atoms with Crippen molar-refractivity contribution in [2.75, 3.05) is 58.0 Å². The van der Waals surface area contributed by atoms with Crippen LogP contribution < -0.4 is 14.4 Å². The summed E-state index contributed by atoms with van der Waals surface area (Å²) in [5, 5.41) is 11.4. The van der Waals surface area contributed by atoms with Gasteiger partial charge in [-0.25, -0.2) is 18.2 Å². The fraction of sp³-hybridized carbons (Fsp3) is 0.425. The number of alkyl halides is 2. The Kier molecular flexibility index (Phi) is 12.6. The maximum absolute atomic E-state index is 16.9. The van der Waals surface area contributed by atoms with Gasteiger partial charge in [0, 0.05) is 49.1 Å². The van der Waals surface area contributed by atoms with Gasteiger partial charge in [-0.15, -0.1) is 19.6 Å². The number of nitrogens with zero attached hydrogens (tertiary/aromatic N) is 5. The topological polar surface area (TPSA) is 83.8 Å². The van der Waals surface area contributed by atoms with Gasteiger partial charge >= 0.3 is 6.01 Å². The highest BCUT2D eigenvalue weighted by molar-refractivity contribution is 6.04. The highest BCUT2D eigenvalue weighted by Gasteiger charge is 2.45. The van der Waals surface area contributed by atoms with E-state index in [1.165, 1.54) is 31.4 Å². The summed E-state index contributed by atoms with van der Waals surface area (Å²) in [5.41, 5.74) is -0.550. The number of methoxy groups -OCH3 is 1. The first-order valence-corrected chi connectivity index (χ1v) is 17.5. The molecule has 8 nitrogen and oxygen atoms in total. The number of aromatic nitrogens is 3. The largest absolute Gasteiger partial charge is 0.508 e. The number of hydrogen-bond acceptors (Lipinski definition) is 8. The molecule has 0 amide bonds. The number of phenols is 1. The van der Waals surface area contributed by atoms with Gasteiger partial charge in [0.25, 0.3) is 0 Å². The highest BCUT2D eigenvalue weighted by Crippen LogP contribution is 2.47. The first-order valence-electron chi connectivity index (χ1n) is 17.5. The van der Waals surface area contributed by atoms with E-state index in [0.29, 0.717) is 56.8 Å². The van der Waals surface area contributed by atoms with Crippen molar-refractivity contribution in [2.45, 2.75) is 51.6 Å². The van der Waals surface area contributed by atoms with Crippen molar-refractivity contribution < 1.29 is 32.1 Å². The summed E-state index contributed by atoms with van der Waals surface area (Å²) in [6.45, 7) is 12.7. The molecule has 0 atom stereocenters. The van der Waals surface area contributed by atoms with E-state index in [1.54, 1.807) is 12.2 Å². The lowest BCUT2D eigenvalue weighted by Crippen LogP contribution is -2.39. The molecule has 12 heteroatoms. The van der Waals surface area contributed by atoms with Gasteiger partial charge in [0.2, 0.25) is 5.88 Å². The van der Waals surface area contributed by atoms with Crippen LogP contribution in [0.3, 0.4) is 0 Å². The monoisotopic (exact) mass is 719 g/mol. The van der Waals surface area contributed by atoms with Gasteiger partial charge in [0.05, 0.1) is 26.0 Å². The zero-order chi connectivity index (χ0) is 37.4. The lowest BCUT2D eigenvalue weighted by atomic mass is 9.95. The van der Waals surface area contributed by atoms with E-state index in [-0.39, 0.29) is 62.8 Å². The number of unbranched alkanes of at least 4 members (excludes halogenated alkanes) is 1. The van der Waals surface area contributed by atoms with Crippen molar-refractivity contribution in [1.82, 2.24) is 19.9 Å². The zero-order valence-corrected chi connectivity index (χ0v) is 29.7. The summed E-state index contributed by atoms with van der Waals surface area (Å²) < 4.78 is 68.4. The molecule has 1 aliphatic carbocycles. The smallest absolute Gasteiger partial charge is 0.319 e. The van der Waals surface area contributed by atoms with Gasteiger partial charge in [0.1, 0.15) is 40.2 Å². The van der Waals surface area contributed by atoms with Crippen LogP contribution in [0, 0.1) is 29.4 Å². The Morgan fingerprint density at radius 1 is 1.10 bits per heavy atom. The van der Waals surface area contributed by atoms with Crippen LogP contribution in [0.25, 0.3) is 32.9 Å². The summed E-state index contributed by atoms with van der Waals surface area (Å²) in [6.07, 6.45) is 12.9. The van der Waals surface area contributed by atoms with E-state index in [1.807, 2.05) is 11.8 Å². The number of terminal acetylenes is 1. The standard InChI is InChI=1S/C36H36F3N5O3.C4H9F/c1-5-14-44(15-6-2)33-29-32(41-35(42-33)47-21-36(12-13-36)20-43-16-10-23(37)11-17-43)30(39)31(40-34(29)46-4)26-19-24(45)18-22-8-9-27(38)25(7-3)28(22)26;1-2-3-4-5/h3,5-6,8-9,18-19,23,45H,1-2,10-17,20-21H2,4H3;2-4H2,1H3. The number of benzene rings is 2. The molecule has 52 heavy (non-hydrogen) atoms. The second kappa shape index (κ2) is 17.1. The van der Waals surface area contributed by atoms with Crippen molar-refractivity contribution in [2.24, 2.45) is 5.41 Å². The summed E-state index contributed by atoms with van der Waals surface area (Å²) >= 11 is 0. The molecule has 2 aliphatic rings. The third kappa shape index (κ3) is 8.42. The summed E-state index contributed by atoms with van der Waals surface area (Å²) in [5.74, 6) is 0.924. The molecule has 1 N–H and O–H groups in total. The van der Waals surface area contributed by atoms with Crippen molar-refractivity contribution in [3.63, 3.8) is 0 Å². The summed E-state index contributed by atoms with van der Waals surface area (Å²) in [6, 6.07) is 5.29. The molecular formula is C40H45F4N5O3. The number of pyridine rings is 1. The molecule has 1 saturated heterocycles. The van der Waals surface area contributed by atoms with E-state index < -0.39 is 17.8 Å². The molecule has 0 spiro atoms. The molecule has 0 radical (unpaired) electrons. The quantitative estimate of drug-likeness (QED) is 0.0792. The molecule has 2 aromatic carbocycles. The van der Waals surface area contributed by atoms with Gasteiger partial charge in [-0.05, 0) is 55.7 Å². The van der Waals surface area contributed by atoms with E-state index in [9.17, 15) is 18.3 Å². The Bertz CT molecular complexity index is 1940. The lowest BCUT2D eigenvalue weighted by Gasteiger charge is -2.31. The molecule has 2 aromatic heterocycles. The average molecular weight is 720 g/mol. The zero-order valence-electron chi connectivity index (χ0n) is 29.7. The summed E-state index contributed by atoms with van der Waals surface area (Å²) in [4.78, 5) is 17.8. The Morgan fingerprint density at radius 2 is 1.81 bits per heavy atom. The average Bonchev–Trinajstić information content (AvgIpc) is 3.91. The number of fused-ring (bicyclic) bond motifs is 2. The molecule has 276 valence electrons. The first-order chi connectivity index (χ1) is 25.1. The van der Waals surface area contributed by atoms with Crippen LogP contribution in [0.15, 0.2) is 49.6 Å². The molecule has 0 bridgehead atoms. The Labute approximate surface area is 302 Å². The number of phenolic OH excluding ortho intramolecular Hbond substituents is 1. The molecule has 0 unspecified atom stereocenters. The molecule has 6 rings (SSSR count). The SMILES string of the molecule is C#Cc1c(F)ccc2cc(O)cc(-c3nc(OC)c4c(N(CC=C)CC=C)nc(OCC5(CN6CCC(F)CC6)CC5)nc4c3F)c12.CCCCF. The Morgan fingerprint density at radius 3 is 2.38 bits per heavy atom. The number of anilines is 1. The lowest BCUT2D eigenvalue weighted by molar-refractivity contribution is 0.107.